The number of alkyl halides is 3. The standard InChI is InChI=1S/C34H40F4N6O2/c1-4-46-29-17-22(16-28(40-29)34(36,37)38)26-19-27(43(2)20-33(21-45-3)12-6-7-13-33)30-32(39-26)42-31(41-30)24-11-10-23(18-25(24)35)44-14-8-5-9-15-44/h10-11,16-19H,4-9,12-15,20-21H2,1-3H3,(H,39,41,42). The number of fused-ring (bicyclic) bond motifs is 1. The van der Waals surface area contributed by atoms with Crippen molar-refractivity contribution < 1.29 is 27.0 Å². The molecule has 0 bridgehead atoms. The highest BCUT2D eigenvalue weighted by Crippen LogP contribution is 2.42. The van der Waals surface area contributed by atoms with Crippen LogP contribution in [0, 0.1) is 11.2 Å². The number of piperidine rings is 1. The zero-order valence-electron chi connectivity index (χ0n) is 26.5. The number of aromatic nitrogens is 4. The third-order valence-corrected chi connectivity index (χ3v) is 9.15. The van der Waals surface area contributed by atoms with Crippen LogP contribution >= 0.6 is 0 Å². The minimum absolute atomic E-state index is 0.0687. The van der Waals surface area contributed by atoms with Gasteiger partial charge in [-0.25, -0.2) is 19.3 Å². The Balaban J connectivity index is 1.46. The molecule has 1 saturated heterocycles. The van der Waals surface area contributed by atoms with Gasteiger partial charge in [-0.05, 0) is 69.4 Å². The van der Waals surface area contributed by atoms with Crippen LogP contribution in [0.3, 0.4) is 0 Å². The fraction of sp³-hybridized carbons (Fsp3) is 0.500. The second-order valence-corrected chi connectivity index (χ2v) is 12.5. The van der Waals surface area contributed by atoms with Gasteiger partial charge in [0.25, 0.3) is 0 Å². The van der Waals surface area contributed by atoms with Gasteiger partial charge in [-0.15, -0.1) is 0 Å². The third-order valence-electron chi connectivity index (χ3n) is 9.15. The van der Waals surface area contributed by atoms with Gasteiger partial charge < -0.3 is 24.3 Å². The van der Waals surface area contributed by atoms with Gasteiger partial charge in [-0.1, -0.05) is 12.8 Å². The highest BCUT2D eigenvalue weighted by molar-refractivity contribution is 5.91. The van der Waals surface area contributed by atoms with Crippen LogP contribution in [-0.4, -0.2) is 66.9 Å². The molecule has 1 aliphatic carbocycles. The summed E-state index contributed by atoms with van der Waals surface area (Å²) in [5, 5.41) is 0. The number of nitrogens with zero attached hydrogens (tertiary/aromatic N) is 5. The first-order valence-electron chi connectivity index (χ1n) is 16.0. The maximum atomic E-state index is 15.6. The van der Waals surface area contributed by atoms with Crippen molar-refractivity contribution in [3.8, 4) is 28.5 Å². The van der Waals surface area contributed by atoms with E-state index in [4.69, 9.17) is 14.5 Å². The molecule has 0 atom stereocenters. The van der Waals surface area contributed by atoms with Gasteiger partial charge in [-0.2, -0.15) is 13.2 Å². The number of anilines is 2. The minimum Gasteiger partial charge on any atom is -0.478 e. The summed E-state index contributed by atoms with van der Waals surface area (Å²) in [6, 6.07) is 9.34. The summed E-state index contributed by atoms with van der Waals surface area (Å²) in [6.07, 6.45) is 2.88. The Bertz CT molecular complexity index is 1680. The normalized spacial score (nSPS) is 16.7. The molecule has 4 heterocycles. The summed E-state index contributed by atoms with van der Waals surface area (Å²) >= 11 is 0. The molecular weight excluding hydrogens is 600 g/mol. The third kappa shape index (κ3) is 6.63. The molecule has 0 unspecified atom stereocenters. The average Bonchev–Trinajstić information content (AvgIpc) is 3.68. The lowest BCUT2D eigenvalue weighted by atomic mass is 9.86. The Morgan fingerprint density at radius 3 is 2.41 bits per heavy atom. The maximum Gasteiger partial charge on any atom is 0.433 e. The number of benzene rings is 1. The summed E-state index contributed by atoms with van der Waals surface area (Å²) in [4.78, 5) is 20.6. The van der Waals surface area contributed by atoms with Gasteiger partial charge >= 0.3 is 6.18 Å². The van der Waals surface area contributed by atoms with Crippen molar-refractivity contribution in [2.45, 2.75) is 58.0 Å². The molecule has 3 aromatic heterocycles. The van der Waals surface area contributed by atoms with Gasteiger partial charge in [0.15, 0.2) is 5.65 Å². The SMILES string of the molecule is CCOc1cc(-c2cc(N(C)CC3(COC)CCCC3)c3[nH]c(-c4ccc(N5CCCCC5)cc4F)nc3n2)cc(C(F)(F)F)n1. The Labute approximate surface area is 266 Å². The van der Waals surface area contributed by atoms with Crippen molar-refractivity contribution in [3.63, 3.8) is 0 Å². The van der Waals surface area contributed by atoms with E-state index in [-0.39, 0.29) is 34.8 Å². The first-order valence-corrected chi connectivity index (χ1v) is 16.0. The summed E-state index contributed by atoms with van der Waals surface area (Å²) in [7, 11) is 3.65. The molecule has 2 aliphatic rings. The smallest absolute Gasteiger partial charge is 0.433 e. The molecule has 0 amide bonds. The van der Waals surface area contributed by atoms with Gasteiger partial charge in [0, 0.05) is 56.5 Å². The second kappa shape index (κ2) is 13.1. The highest BCUT2D eigenvalue weighted by Gasteiger charge is 2.36. The molecule has 46 heavy (non-hydrogen) atoms. The monoisotopic (exact) mass is 640 g/mol. The van der Waals surface area contributed by atoms with Crippen LogP contribution in [0.4, 0.5) is 28.9 Å². The summed E-state index contributed by atoms with van der Waals surface area (Å²) in [6.45, 7) is 4.88. The Morgan fingerprint density at radius 1 is 0.978 bits per heavy atom. The lowest BCUT2D eigenvalue weighted by molar-refractivity contribution is -0.141. The molecule has 6 rings (SSSR count). The zero-order chi connectivity index (χ0) is 32.5. The van der Waals surface area contributed by atoms with Crippen LogP contribution in [0.25, 0.3) is 33.8 Å². The number of halogens is 4. The van der Waals surface area contributed by atoms with Gasteiger partial charge in [0.05, 0.1) is 30.2 Å². The number of rotatable bonds is 10. The number of pyridine rings is 2. The molecule has 2 fully saturated rings. The predicted octanol–water partition coefficient (Wildman–Crippen LogP) is 7.88. The molecule has 4 aromatic rings. The van der Waals surface area contributed by atoms with E-state index in [1.807, 2.05) is 13.1 Å². The second-order valence-electron chi connectivity index (χ2n) is 12.5. The number of hydrogen-bond acceptors (Lipinski definition) is 7. The summed E-state index contributed by atoms with van der Waals surface area (Å²) in [5.41, 5.74) is 1.98. The van der Waals surface area contributed by atoms with Gasteiger partial charge in [0.1, 0.15) is 22.9 Å². The fourth-order valence-corrected chi connectivity index (χ4v) is 6.98. The number of H-pyrrole nitrogens is 1. The number of hydrogen-bond donors (Lipinski definition) is 1. The van der Waals surface area contributed by atoms with E-state index in [9.17, 15) is 13.2 Å². The topological polar surface area (TPSA) is 79.4 Å². The van der Waals surface area contributed by atoms with E-state index < -0.39 is 17.7 Å². The Kier molecular flexibility index (Phi) is 9.09. The lowest BCUT2D eigenvalue weighted by Crippen LogP contribution is -2.37. The molecule has 1 aliphatic heterocycles. The number of methoxy groups -OCH3 is 1. The highest BCUT2D eigenvalue weighted by atomic mass is 19.4. The zero-order valence-corrected chi connectivity index (χ0v) is 26.5. The fourth-order valence-electron chi connectivity index (χ4n) is 6.98. The van der Waals surface area contributed by atoms with E-state index in [2.05, 4.69) is 24.8 Å². The Morgan fingerprint density at radius 2 is 1.74 bits per heavy atom. The van der Waals surface area contributed by atoms with E-state index in [1.165, 1.54) is 12.5 Å². The van der Waals surface area contributed by atoms with E-state index in [1.54, 1.807) is 32.2 Å². The van der Waals surface area contributed by atoms with Crippen molar-refractivity contribution in [1.82, 2.24) is 19.9 Å². The largest absolute Gasteiger partial charge is 0.478 e. The first kappa shape index (κ1) is 32.0. The first-order chi connectivity index (χ1) is 22.1. The molecule has 0 radical (unpaired) electrons. The van der Waals surface area contributed by atoms with Crippen LogP contribution < -0.4 is 14.5 Å². The number of nitrogens with one attached hydrogen (secondary N) is 1. The average molecular weight is 641 g/mol. The van der Waals surface area contributed by atoms with Crippen LogP contribution in [-0.2, 0) is 10.9 Å². The molecule has 246 valence electrons. The number of ether oxygens (including phenoxy) is 2. The van der Waals surface area contributed by atoms with Crippen molar-refractivity contribution in [3.05, 3.63) is 47.9 Å². The molecule has 12 heteroatoms. The molecular formula is C34H40F4N6O2. The number of aromatic amines is 1. The van der Waals surface area contributed by atoms with E-state index >= 15 is 4.39 Å². The van der Waals surface area contributed by atoms with Crippen LogP contribution in [0.5, 0.6) is 5.88 Å². The van der Waals surface area contributed by atoms with Crippen LogP contribution in [0.15, 0.2) is 36.4 Å². The van der Waals surface area contributed by atoms with Crippen molar-refractivity contribution in [1.29, 1.82) is 0 Å². The lowest BCUT2D eigenvalue weighted by Gasteiger charge is -2.34. The van der Waals surface area contributed by atoms with E-state index in [0.717, 1.165) is 63.4 Å². The molecule has 1 N–H and O–H groups in total. The van der Waals surface area contributed by atoms with Crippen molar-refractivity contribution in [2.75, 3.05) is 56.8 Å². The van der Waals surface area contributed by atoms with Gasteiger partial charge in [-0.3, -0.25) is 0 Å². The molecule has 1 aromatic carbocycles. The van der Waals surface area contributed by atoms with Gasteiger partial charge in [0.2, 0.25) is 5.88 Å². The summed E-state index contributed by atoms with van der Waals surface area (Å²) < 4.78 is 68.3. The van der Waals surface area contributed by atoms with Crippen LogP contribution in [0.2, 0.25) is 0 Å². The minimum atomic E-state index is -4.68. The van der Waals surface area contributed by atoms with Crippen molar-refractivity contribution in [2.24, 2.45) is 5.41 Å². The maximum absolute atomic E-state index is 15.6. The Hall–Kier alpha value is -3.93. The molecule has 1 saturated carbocycles. The number of imidazole rings is 1. The van der Waals surface area contributed by atoms with E-state index in [0.29, 0.717) is 35.7 Å². The summed E-state index contributed by atoms with van der Waals surface area (Å²) in [5.74, 6) is -0.259. The molecule has 0 spiro atoms. The van der Waals surface area contributed by atoms with Crippen molar-refractivity contribution >= 4 is 22.5 Å². The quantitative estimate of drug-likeness (QED) is 0.177. The molecule has 8 nitrogen and oxygen atoms in total. The van der Waals surface area contributed by atoms with Crippen LogP contribution in [0.1, 0.15) is 57.6 Å². The predicted molar refractivity (Wildman–Crippen MR) is 171 cm³/mol.